The summed E-state index contributed by atoms with van der Waals surface area (Å²) in [6.45, 7) is 4.37. The first kappa shape index (κ1) is 21.5. The molecule has 5 rings (SSSR count). The lowest BCUT2D eigenvalue weighted by Gasteiger charge is -2.50. The monoisotopic (exact) mass is 505 g/mol. The van der Waals surface area contributed by atoms with Crippen LogP contribution in [-0.4, -0.2) is 17.7 Å². The predicted octanol–water partition coefficient (Wildman–Crippen LogP) is 5.46. The van der Waals surface area contributed by atoms with Crippen LogP contribution < -0.4 is 20.3 Å². The lowest BCUT2D eigenvalue weighted by atomic mass is 9.90. The van der Waals surface area contributed by atoms with Crippen LogP contribution in [0.25, 0.3) is 0 Å². The second kappa shape index (κ2) is 8.23. The third-order valence-corrected chi connectivity index (χ3v) is 6.67. The minimum atomic E-state index is -0.870. The summed E-state index contributed by atoms with van der Waals surface area (Å²) in [5, 5.41) is 6.04. The highest BCUT2D eigenvalue weighted by Gasteiger charge is 2.49. The number of aryl methyl sites for hydroxylation is 1. The first-order chi connectivity index (χ1) is 15.8. The van der Waals surface area contributed by atoms with Gasteiger partial charge in [-0.2, -0.15) is 0 Å². The van der Waals surface area contributed by atoms with Crippen LogP contribution in [0.1, 0.15) is 46.4 Å². The average Bonchev–Trinajstić information content (AvgIpc) is 2.79. The van der Waals surface area contributed by atoms with E-state index in [0.717, 1.165) is 21.3 Å². The molecular weight excluding hydrogens is 482 g/mol. The number of nitrogens with zero attached hydrogens (tertiary/aromatic N) is 1. The lowest BCUT2D eigenvalue weighted by Crippen LogP contribution is -2.65. The van der Waals surface area contributed by atoms with Crippen molar-refractivity contribution >= 4 is 33.6 Å². The molecule has 0 radical (unpaired) electrons. The molecule has 0 saturated carbocycles. The van der Waals surface area contributed by atoms with Crippen molar-refractivity contribution in [3.8, 4) is 5.75 Å². The number of anilines is 1. The van der Waals surface area contributed by atoms with Crippen molar-refractivity contribution in [2.24, 2.45) is 0 Å². The van der Waals surface area contributed by atoms with E-state index in [9.17, 15) is 9.59 Å². The molecule has 2 heterocycles. The Kier molecular flexibility index (Phi) is 5.37. The number of halogens is 1. The van der Waals surface area contributed by atoms with Gasteiger partial charge in [0.05, 0.1) is 11.7 Å². The van der Waals surface area contributed by atoms with Gasteiger partial charge in [0, 0.05) is 28.6 Å². The van der Waals surface area contributed by atoms with Crippen molar-refractivity contribution in [2.75, 3.05) is 4.90 Å². The Labute approximate surface area is 201 Å². The number of carbonyl (C=O) groups excluding carboxylic acids is 2. The Hall–Kier alpha value is -3.32. The Bertz CT molecular complexity index is 1240. The quantitative estimate of drug-likeness (QED) is 0.494. The van der Waals surface area contributed by atoms with Gasteiger partial charge in [-0.1, -0.05) is 51.8 Å². The summed E-state index contributed by atoms with van der Waals surface area (Å²) in [7, 11) is 0. The van der Waals surface area contributed by atoms with E-state index in [2.05, 4.69) is 26.6 Å². The standard InChI is InChI=1S/C26H24BrN3O3/c1-16-6-8-17(9-7-16)15-28-24(31)18-4-3-5-20(12-18)30-25(32)29-22-14-26(30,2)33-23-11-10-19(27)13-21(22)23/h3-13,22H,14-15H2,1-2H3,(H,28,31)(H,29,32). The van der Waals surface area contributed by atoms with Crippen LogP contribution in [0.4, 0.5) is 10.5 Å². The summed E-state index contributed by atoms with van der Waals surface area (Å²) >= 11 is 3.49. The zero-order valence-electron chi connectivity index (χ0n) is 18.4. The van der Waals surface area contributed by atoms with E-state index in [1.54, 1.807) is 23.1 Å². The van der Waals surface area contributed by atoms with E-state index in [-0.39, 0.29) is 18.0 Å². The molecule has 0 aliphatic carbocycles. The van der Waals surface area contributed by atoms with Crippen LogP contribution >= 0.6 is 15.9 Å². The van der Waals surface area contributed by atoms with Crippen LogP contribution in [0.2, 0.25) is 0 Å². The van der Waals surface area contributed by atoms with E-state index in [1.807, 2.05) is 62.4 Å². The van der Waals surface area contributed by atoms with Crippen LogP contribution in [0.5, 0.6) is 5.75 Å². The summed E-state index contributed by atoms with van der Waals surface area (Å²) < 4.78 is 7.28. The summed E-state index contributed by atoms with van der Waals surface area (Å²) in [5.74, 6) is 0.548. The van der Waals surface area contributed by atoms with Crippen LogP contribution in [-0.2, 0) is 6.54 Å². The van der Waals surface area contributed by atoms with Crippen molar-refractivity contribution in [3.05, 3.63) is 93.5 Å². The first-order valence-electron chi connectivity index (χ1n) is 10.9. The molecule has 33 heavy (non-hydrogen) atoms. The maximum absolute atomic E-state index is 13.2. The molecule has 2 bridgehead atoms. The average molecular weight is 506 g/mol. The van der Waals surface area contributed by atoms with Crippen molar-refractivity contribution < 1.29 is 14.3 Å². The minimum absolute atomic E-state index is 0.138. The van der Waals surface area contributed by atoms with E-state index < -0.39 is 5.72 Å². The molecule has 3 aromatic rings. The number of benzene rings is 3. The molecular formula is C26H24BrN3O3. The van der Waals surface area contributed by atoms with Gasteiger partial charge < -0.3 is 15.4 Å². The second-order valence-electron chi connectivity index (χ2n) is 8.72. The summed E-state index contributed by atoms with van der Waals surface area (Å²) in [4.78, 5) is 27.6. The predicted molar refractivity (Wildman–Crippen MR) is 130 cm³/mol. The Balaban J connectivity index is 1.39. The number of nitrogens with one attached hydrogen (secondary N) is 2. The highest BCUT2D eigenvalue weighted by atomic mass is 79.9. The summed E-state index contributed by atoms with van der Waals surface area (Å²) in [5.41, 5.74) is 3.38. The van der Waals surface area contributed by atoms with Gasteiger partial charge in [-0.05, 0) is 55.8 Å². The number of urea groups is 1. The number of amides is 3. The van der Waals surface area contributed by atoms with Gasteiger partial charge in [0.25, 0.3) is 5.91 Å². The van der Waals surface area contributed by atoms with Crippen molar-refractivity contribution in [2.45, 2.75) is 38.6 Å². The lowest BCUT2D eigenvalue weighted by molar-refractivity contribution is 0.0378. The van der Waals surface area contributed by atoms with Gasteiger partial charge in [0.1, 0.15) is 5.75 Å². The van der Waals surface area contributed by atoms with Gasteiger partial charge in [0.15, 0.2) is 5.72 Å². The molecule has 2 N–H and O–H groups in total. The summed E-state index contributed by atoms with van der Waals surface area (Å²) in [6, 6.07) is 20.5. The molecule has 3 amide bonds. The van der Waals surface area contributed by atoms with E-state index in [4.69, 9.17) is 4.74 Å². The molecule has 1 fully saturated rings. The highest BCUT2D eigenvalue weighted by molar-refractivity contribution is 9.10. The van der Waals surface area contributed by atoms with E-state index >= 15 is 0 Å². The van der Waals surface area contributed by atoms with Gasteiger partial charge in [-0.15, -0.1) is 0 Å². The molecule has 0 aromatic heterocycles. The van der Waals surface area contributed by atoms with Crippen LogP contribution in [0.15, 0.2) is 71.2 Å². The van der Waals surface area contributed by atoms with Gasteiger partial charge in [-0.25, -0.2) is 4.79 Å². The first-order valence-corrected chi connectivity index (χ1v) is 11.6. The van der Waals surface area contributed by atoms with E-state index in [1.165, 1.54) is 5.56 Å². The van der Waals surface area contributed by atoms with E-state index in [0.29, 0.717) is 24.2 Å². The topological polar surface area (TPSA) is 70.7 Å². The molecule has 7 heteroatoms. The van der Waals surface area contributed by atoms with Crippen molar-refractivity contribution in [1.29, 1.82) is 0 Å². The smallest absolute Gasteiger partial charge is 0.325 e. The van der Waals surface area contributed by atoms with Gasteiger partial charge >= 0.3 is 6.03 Å². The Morgan fingerprint density at radius 3 is 2.76 bits per heavy atom. The number of ether oxygens (including phenoxy) is 1. The fourth-order valence-electron chi connectivity index (χ4n) is 4.51. The third-order valence-electron chi connectivity index (χ3n) is 6.17. The normalized spacial score (nSPS) is 21.0. The number of carbonyl (C=O) groups is 2. The zero-order chi connectivity index (χ0) is 23.2. The molecule has 3 aromatic carbocycles. The molecule has 2 atom stereocenters. The molecule has 1 saturated heterocycles. The Morgan fingerprint density at radius 2 is 1.97 bits per heavy atom. The molecule has 168 valence electrons. The molecule has 2 aliphatic heterocycles. The maximum Gasteiger partial charge on any atom is 0.325 e. The number of hydrogen-bond donors (Lipinski definition) is 2. The zero-order valence-corrected chi connectivity index (χ0v) is 20.0. The SMILES string of the molecule is Cc1ccc(CNC(=O)c2cccc(N3C(=O)NC4CC3(C)Oc3ccc(Br)cc34)c2)cc1. The minimum Gasteiger partial charge on any atom is -0.467 e. The van der Waals surface area contributed by atoms with Crippen molar-refractivity contribution in [1.82, 2.24) is 10.6 Å². The van der Waals surface area contributed by atoms with Crippen molar-refractivity contribution in [3.63, 3.8) is 0 Å². The van der Waals surface area contributed by atoms with Crippen LogP contribution in [0, 0.1) is 6.92 Å². The molecule has 2 unspecified atom stereocenters. The number of hydrogen-bond acceptors (Lipinski definition) is 3. The molecule has 0 spiro atoms. The highest BCUT2D eigenvalue weighted by Crippen LogP contribution is 2.46. The van der Waals surface area contributed by atoms with Crippen LogP contribution in [0.3, 0.4) is 0 Å². The third kappa shape index (κ3) is 4.09. The maximum atomic E-state index is 13.2. The molecule has 6 nitrogen and oxygen atoms in total. The summed E-state index contributed by atoms with van der Waals surface area (Å²) in [6.07, 6.45) is 0.589. The van der Waals surface area contributed by atoms with Gasteiger partial charge in [-0.3, -0.25) is 9.69 Å². The fraction of sp³-hybridized carbons (Fsp3) is 0.231. The molecule has 2 aliphatic rings. The Morgan fingerprint density at radius 1 is 1.18 bits per heavy atom. The second-order valence-corrected chi connectivity index (χ2v) is 9.64. The van der Waals surface area contributed by atoms with Gasteiger partial charge in [0.2, 0.25) is 0 Å². The fourth-order valence-corrected chi connectivity index (χ4v) is 4.89. The largest absolute Gasteiger partial charge is 0.467 e. The number of rotatable bonds is 4. The number of fused-ring (bicyclic) bond motifs is 4.